The number of para-hydroxylation sites is 1. The number of benzene rings is 2. The van der Waals surface area contributed by atoms with Crippen LogP contribution in [0, 0.1) is 0 Å². The molecule has 6 heteroatoms. The standard InChI is InChI=1S/C23H25N3O2S/c1-2-28-21-11-7-6-10-19(21)23(27)26-14-12-25(13-15-26)16-22-24-20(17-29-22)18-8-4-3-5-9-18/h3-11,17H,2,12-16H2,1H3. The highest BCUT2D eigenvalue weighted by atomic mass is 32.1. The molecule has 0 atom stereocenters. The van der Waals surface area contributed by atoms with E-state index >= 15 is 0 Å². The Labute approximate surface area is 175 Å². The topological polar surface area (TPSA) is 45.7 Å². The maximum atomic E-state index is 12.9. The van der Waals surface area contributed by atoms with Gasteiger partial charge in [0.1, 0.15) is 10.8 Å². The van der Waals surface area contributed by atoms with Gasteiger partial charge in [0.25, 0.3) is 5.91 Å². The monoisotopic (exact) mass is 407 g/mol. The lowest BCUT2D eigenvalue weighted by molar-refractivity contribution is 0.0624. The molecule has 5 nitrogen and oxygen atoms in total. The van der Waals surface area contributed by atoms with E-state index in [4.69, 9.17) is 9.72 Å². The first kappa shape index (κ1) is 19.6. The van der Waals surface area contributed by atoms with E-state index in [1.807, 2.05) is 54.3 Å². The molecule has 1 aromatic heterocycles. The van der Waals surface area contributed by atoms with Gasteiger partial charge in [-0.3, -0.25) is 9.69 Å². The van der Waals surface area contributed by atoms with Gasteiger partial charge in [-0.25, -0.2) is 4.98 Å². The van der Waals surface area contributed by atoms with Crippen molar-refractivity contribution in [1.29, 1.82) is 0 Å². The average Bonchev–Trinajstić information content (AvgIpc) is 3.24. The largest absolute Gasteiger partial charge is 0.493 e. The van der Waals surface area contributed by atoms with Crippen molar-refractivity contribution < 1.29 is 9.53 Å². The fourth-order valence-electron chi connectivity index (χ4n) is 3.52. The van der Waals surface area contributed by atoms with E-state index in [1.54, 1.807) is 11.3 Å². The number of amides is 1. The number of carbonyl (C=O) groups excluding carboxylic acids is 1. The fraction of sp³-hybridized carbons (Fsp3) is 0.304. The van der Waals surface area contributed by atoms with Gasteiger partial charge < -0.3 is 9.64 Å². The van der Waals surface area contributed by atoms with E-state index in [0.29, 0.717) is 17.9 Å². The number of hydrogen-bond acceptors (Lipinski definition) is 5. The van der Waals surface area contributed by atoms with Crippen LogP contribution >= 0.6 is 11.3 Å². The van der Waals surface area contributed by atoms with Gasteiger partial charge in [-0.2, -0.15) is 0 Å². The Morgan fingerprint density at radius 2 is 1.76 bits per heavy atom. The summed E-state index contributed by atoms with van der Waals surface area (Å²) in [6.07, 6.45) is 0. The second kappa shape index (κ2) is 9.20. The van der Waals surface area contributed by atoms with Crippen LogP contribution in [0.2, 0.25) is 0 Å². The van der Waals surface area contributed by atoms with Crippen LogP contribution in [0.3, 0.4) is 0 Å². The lowest BCUT2D eigenvalue weighted by Crippen LogP contribution is -2.48. The van der Waals surface area contributed by atoms with Crippen molar-refractivity contribution in [1.82, 2.24) is 14.8 Å². The molecule has 0 bridgehead atoms. The number of hydrogen-bond donors (Lipinski definition) is 0. The van der Waals surface area contributed by atoms with Crippen LogP contribution in [-0.2, 0) is 6.54 Å². The maximum Gasteiger partial charge on any atom is 0.257 e. The molecule has 1 aliphatic heterocycles. The summed E-state index contributed by atoms with van der Waals surface area (Å²) >= 11 is 1.70. The van der Waals surface area contributed by atoms with Crippen LogP contribution < -0.4 is 4.74 Å². The molecule has 2 heterocycles. The van der Waals surface area contributed by atoms with Crippen molar-refractivity contribution in [2.24, 2.45) is 0 Å². The molecule has 0 radical (unpaired) electrons. The van der Waals surface area contributed by atoms with Gasteiger partial charge in [0.15, 0.2) is 0 Å². The first-order valence-corrected chi connectivity index (χ1v) is 10.9. The molecule has 1 aliphatic rings. The van der Waals surface area contributed by atoms with E-state index < -0.39 is 0 Å². The molecule has 0 N–H and O–H groups in total. The number of aromatic nitrogens is 1. The predicted octanol–water partition coefficient (Wildman–Crippen LogP) is 4.17. The third-order valence-electron chi connectivity index (χ3n) is 5.06. The lowest BCUT2D eigenvalue weighted by Gasteiger charge is -2.34. The van der Waals surface area contributed by atoms with E-state index in [1.165, 1.54) is 0 Å². The summed E-state index contributed by atoms with van der Waals surface area (Å²) in [7, 11) is 0. The number of rotatable bonds is 6. The smallest absolute Gasteiger partial charge is 0.257 e. The van der Waals surface area contributed by atoms with Crippen molar-refractivity contribution >= 4 is 17.2 Å². The lowest BCUT2D eigenvalue weighted by atomic mass is 10.1. The quantitative estimate of drug-likeness (QED) is 0.615. The highest BCUT2D eigenvalue weighted by molar-refractivity contribution is 7.09. The molecule has 0 aliphatic carbocycles. The van der Waals surface area contributed by atoms with E-state index in [-0.39, 0.29) is 5.91 Å². The summed E-state index contributed by atoms with van der Waals surface area (Å²) in [4.78, 5) is 22.0. The second-order valence-corrected chi connectivity index (χ2v) is 7.93. The van der Waals surface area contributed by atoms with Crippen molar-refractivity contribution in [2.45, 2.75) is 13.5 Å². The normalized spacial score (nSPS) is 14.7. The molecule has 1 fully saturated rings. The second-order valence-electron chi connectivity index (χ2n) is 6.99. The van der Waals surface area contributed by atoms with Gasteiger partial charge in [-0.1, -0.05) is 42.5 Å². The summed E-state index contributed by atoms with van der Waals surface area (Å²) in [5.41, 5.74) is 2.83. The van der Waals surface area contributed by atoms with Crippen LogP contribution in [0.25, 0.3) is 11.3 Å². The molecule has 2 aromatic carbocycles. The maximum absolute atomic E-state index is 12.9. The first-order chi connectivity index (χ1) is 14.2. The molecule has 29 heavy (non-hydrogen) atoms. The van der Waals surface area contributed by atoms with Crippen molar-refractivity contribution in [3.63, 3.8) is 0 Å². The molecule has 0 unspecified atom stereocenters. The minimum Gasteiger partial charge on any atom is -0.493 e. The molecule has 3 aromatic rings. The Morgan fingerprint density at radius 3 is 2.52 bits per heavy atom. The van der Waals surface area contributed by atoms with Gasteiger partial charge in [-0.05, 0) is 19.1 Å². The van der Waals surface area contributed by atoms with Gasteiger partial charge in [-0.15, -0.1) is 11.3 Å². The molecular weight excluding hydrogens is 382 g/mol. The number of ether oxygens (including phenoxy) is 1. The zero-order valence-corrected chi connectivity index (χ0v) is 17.4. The van der Waals surface area contributed by atoms with E-state index in [2.05, 4.69) is 22.4 Å². The van der Waals surface area contributed by atoms with E-state index in [0.717, 1.165) is 49.0 Å². The minimum atomic E-state index is 0.0503. The Bertz CT molecular complexity index is 950. The van der Waals surface area contributed by atoms with Gasteiger partial charge in [0, 0.05) is 37.1 Å². The molecule has 1 saturated heterocycles. The zero-order chi connectivity index (χ0) is 20.1. The summed E-state index contributed by atoms with van der Waals surface area (Å²) in [6.45, 7) is 6.45. The number of carbonyl (C=O) groups is 1. The minimum absolute atomic E-state index is 0.0503. The Hall–Kier alpha value is -2.70. The number of nitrogens with zero attached hydrogens (tertiary/aromatic N) is 3. The molecule has 150 valence electrons. The fourth-order valence-corrected chi connectivity index (χ4v) is 4.37. The summed E-state index contributed by atoms with van der Waals surface area (Å²) in [5.74, 6) is 0.716. The summed E-state index contributed by atoms with van der Waals surface area (Å²) in [5, 5.41) is 3.24. The molecule has 0 spiro atoms. The third kappa shape index (κ3) is 4.66. The van der Waals surface area contributed by atoms with Gasteiger partial charge in [0.2, 0.25) is 0 Å². The highest BCUT2D eigenvalue weighted by Crippen LogP contribution is 2.24. The molecular formula is C23H25N3O2S. The van der Waals surface area contributed by atoms with Crippen molar-refractivity contribution in [3.8, 4) is 17.0 Å². The summed E-state index contributed by atoms with van der Waals surface area (Å²) < 4.78 is 5.62. The third-order valence-corrected chi connectivity index (χ3v) is 5.89. The molecule has 4 rings (SSSR count). The Kier molecular flexibility index (Phi) is 6.22. The highest BCUT2D eigenvalue weighted by Gasteiger charge is 2.24. The Balaban J connectivity index is 1.34. The van der Waals surface area contributed by atoms with Crippen LogP contribution in [0.4, 0.5) is 0 Å². The van der Waals surface area contributed by atoms with E-state index in [9.17, 15) is 4.79 Å². The van der Waals surface area contributed by atoms with Gasteiger partial charge >= 0.3 is 0 Å². The predicted molar refractivity (Wildman–Crippen MR) is 116 cm³/mol. The first-order valence-electron chi connectivity index (χ1n) is 9.98. The molecule has 0 saturated carbocycles. The number of piperazine rings is 1. The van der Waals surface area contributed by atoms with Crippen LogP contribution in [-0.4, -0.2) is 53.5 Å². The van der Waals surface area contributed by atoms with Crippen LogP contribution in [0.1, 0.15) is 22.3 Å². The molecule has 1 amide bonds. The van der Waals surface area contributed by atoms with Crippen molar-refractivity contribution in [3.05, 3.63) is 70.5 Å². The average molecular weight is 408 g/mol. The van der Waals surface area contributed by atoms with Gasteiger partial charge in [0.05, 0.1) is 24.4 Å². The Morgan fingerprint density at radius 1 is 1.03 bits per heavy atom. The SMILES string of the molecule is CCOc1ccccc1C(=O)N1CCN(Cc2nc(-c3ccccc3)cs2)CC1. The van der Waals surface area contributed by atoms with Crippen LogP contribution in [0.5, 0.6) is 5.75 Å². The zero-order valence-electron chi connectivity index (χ0n) is 16.6. The van der Waals surface area contributed by atoms with Crippen molar-refractivity contribution in [2.75, 3.05) is 32.8 Å². The number of thiazole rings is 1. The van der Waals surface area contributed by atoms with Crippen LogP contribution in [0.15, 0.2) is 60.0 Å². The summed E-state index contributed by atoms with van der Waals surface area (Å²) in [6, 6.07) is 17.8.